The van der Waals surface area contributed by atoms with Gasteiger partial charge in [-0.3, -0.25) is 53.6 Å². The molecule has 1 unspecified atom stereocenters. The van der Waals surface area contributed by atoms with Crippen LogP contribution in [0.3, 0.4) is 0 Å². The predicted octanol–water partition coefficient (Wildman–Crippen LogP) is 5.60. The molecular formula is C86H94Cl2F3N9O26. The molecular weight excluding hydrogens is 1700 g/mol. The molecule has 11 bridgehead atoms. The van der Waals surface area contributed by atoms with Crippen molar-refractivity contribution in [1.82, 2.24) is 42.4 Å². The number of aliphatic hydroxyl groups is 7. The molecule has 0 radical (unpaired) electrons. The number of alkyl halides is 3. The lowest BCUT2D eigenvalue weighted by Crippen LogP contribution is -2.65. The second kappa shape index (κ2) is 39.8. The Hall–Kier alpha value is -11.2. The highest BCUT2D eigenvalue weighted by atomic mass is 35.5. The van der Waals surface area contributed by atoms with Crippen LogP contribution in [0, 0.1) is 17.8 Å². The number of hydrogen-bond donors (Lipinski definition) is 18. The van der Waals surface area contributed by atoms with E-state index in [0.717, 1.165) is 78.9 Å². The number of fused-ring (bicyclic) bond motifs is 15. The smallest absolute Gasteiger partial charge is 0.508 e. The van der Waals surface area contributed by atoms with E-state index in [1.165, 1.54) is 49.6 Å². The minimum Gasteiger partial charge on any atom is -0.508 e. The number of carbonyl (C=O) groups excluding carboxylic acids is 9. The van der Waals surface area contributed by atoms with Crippen molar-refractivity contribution in [3.8, 4) is 62.9 Å². The fraction of sp³-hybridized carbons (Fsp3) is 0.419. The quantitative estimate of drug-likeness (QED) is 0.0210. The van der Waals surface area contributed by atoms with Gasteiger partial charge in [0.25, 0.3) is 5.91 Å². The number of benzene rings is 6. The van der Waals surface area contributed by atoms with E-state index >= 15 is 24.0 Å². The summed E-state index contributed by atoms with van der Waals surface area (Å²) in [6, 6.07) is 12.0. The molecule has 0 spiro atoms. The van der Waals surface area contributed by atoms with E-state index in [-0.39, 0.29) is 76.9 Å². The Morgan fingerprint density at radius 2 is 1.42 bits per heavy atom. The van der Waals surface area contributed by atoms with Crippen molar-refractivity contribution >= 4 is 76.0 Å². The van der Waals surface area contributed by atoms with Crippen LogP contribution in [-0.4, -0.2) is 202 Å². The fourth-order valence-corrected chi connectivity index (χ4v) is 16.3. The maximum atomic E-state index is 16.5. The van der Waals surface area contributed by atoms with Gasteiger partial charge in [-0.15, -0.1) is 13.2 Å². The highest BCUT2D eigenvalue weighted by Gasteiger charge is 2.53. The Bertz CT molecular complexity index is 5290. The number of nitrogens with one attached hydrogen (secondary N) is 7. The van der Waals surface area contributed by atoms with Crippen molar-refractivity contribution in [2.75, 3.05) is 19.8 Å². The standard InChI is InChI=1S/C86H94Cl2F3N9O26/c1-6-41(18-37(2)3)79(115)98-70-58(107)25-46(28-65(92)109)80(116)96-68-45-26-62(121-60-14-11-43(72(70)110)23-53(60)87)76(125-84-77(75(113)74(112)64(36-102)123-84)124-66-32-85(5,78(114)38(4)120-66)94-34-40-19-47(35-93-33-40)56(105)21-39-8-7-9-49(20-39)126-86(89,90)91)63(27-45)122-61-15-12-44(24-54(61)88)73(111)71-82(118)97-69(83(119)100-95-16-17-101)52-29-48(103)30-57(106)67(52)51-22-42(10-13-55(51)104)50(31-59(68)108)81(117)99-71/h7-15,19-20,22-24,26-27,29-30,33,35,37-38,41,46,50,64,66,68-75,77-78,84,94-95,101-104,106,110-114H,6,16-18,21,25,28,31-32,34,36H2,1-5H3,(H2,92,109)(H,96,116)(H,97,118)(H,98,115)(H,99,117)(H,100,119)/t38-,41+,46-,50+,64+,66-,68?,69+,70-,71-,72+,73+,74+,75-,77+,78+,84-,85-/m0/s1. The molecule has 14 rings (SSSR count). The van der Waals surface area contributed by atoms with Crippen molar-refractivity contribution in [3.63, 3.8) is 0 Å². The highest BCUT2D eigenvalue weighted by Crippen LogP contribution is 2.51. The van der Waals surface area contributed by atoms with Gasteiger partial charge < -0.3 is 117 Å². The Morgan fingerprint density at radius 1 is 0.738 bits per heavy atom. The van der Waals surface area contributed by atoms with Gasteiger partial charge in [0.1, 0.15) is 89.2 Å². The molecule has 0 aliphatic carbocycles. The lowest BCUT2D eigenvalue weighted by atomic mass is 9.84. The zero-order valence-electron chi connectivity index (χ0n) is 68.1. The molecule has 18 atom stereocenters. The number of phenolic OH excluding ortho intramolecular Hbond substituents is 3. The molecule has 40 heteroatoms. The van der Waals surface area contributed by atoms with Crippen molar-refractivity contribution < 1.29 is 141 Å². The molecule has 2 fully saturated rings. The number of rotatable bonds is 23. The second-order valence-electron chi connectivity index (χ2n) is 32.0. The number of phenols is 3. The fourth-order valence-electron chi connectivity index (χ4n) is 15.8. The summed E-state index contributed by atoms with van der Waals surface area (Å²) in [4.78, 5) is 138. The van der Waals surface area contributed by atoms with Crippen LogP contribution in [0.15, 0.2) is 122 Å². The van der Waals surface area contributed by atoms with E-state index in [0.29, 0.717) is 12.0 Å². The molecule has 35 nitrogen and oxygen atoms in total. The number of hydrazine groups is 1. The number of Topliss-reactive ketones (excluding diaryl/α,β-unsaturated/α-hetero) is 3. The number of aliphatic hydroxyl groups excluding tert-OH is 7. The average Bonchev–Trinajstić information content (AvgIpc) is 0.769. The molecule has 2 saturated heterocycles. The van der Waals surface area contributed by atoms with Crippen molar-refractivity contribution in [1.29, 1.82) is 0 Å². The number of carbonyl (C=O) groups is 9. The Kier molecular flexibility index (Phi) is 29.6. The van der Waals surface area contributed by atoms with E-state index in [1.54, 1.807) is 13.8 Å². The van der Waals surface area contributed by atoms with Gasteiger partial charge in [-0.25, -0.2) is 5.43 Å². The number of aromatic nitrogens is 1. The first-order chi connectivity index (χ1) is 59.7. The lowest BCUT2D eigenvalue weighted by molar-refractivity contribution is -0.334. The highest BCUT2D eigenvalue weighted by molar-refractivity contribution is 6.32. The van der Waals surface area contributed by atoms with Crippen LogP contribution in [0.5, 0.6) is 51.7 Å². The number of primary amides is 1. The van der Waals surface area contributed by atoms with Gasteiger partial charge in [-0.05, 0) is 144 Å². The predicted molar refractivity (Wildman–Crippen MR) is 437 cm³/mol. The number of halogens is 5. The van der Waals surface area contributed by atoms with Crippen LogP contribution in [0.1, 0.15) is 153 Å². The number of ketones is 3. The van der Waals surface area contributed by atoms with Crippen molar-refractivity contribution in [3.05, 3.63) is 176 Å². The minimum atomic E-state index is -5.00. The maximum Gasteiger partial charge on any atom is 0.573 e. The van der Waals surface area contributed by atoms with E-state index in [1.807, 2.05) is 13.8 Å². The Morgan fingerprint density at radius 3 is 2.06 bits per heavy atom. The summed E-state index contributed by atoms with van der Waals surface area (Å²) in [5, 5.41) is 129. The molecule has 6 aromatic carbocycles. The third-order valence-electron chi connectivity index (χ3n) is 22.3. The normalized spacial score (nSPS) is 26.1. The van der Waals surface area contributed by atoms with Gasteiger partial charge in [0.05, 0.1) is 47.3 Å². The molecule has 674 valence electrons. The van der Waals surface area contributed by atoms with Crippen LogP contribution < -0.4 is 62.1 Å². The molecule has 7 aromatic rings. The summed E-state index contributed by atoms with van der Waals surface area (Å²) in [6.45, 7) is 6.56. The Balaban J connectivity index is 1.01. The van der Waals surface area contributed by atoms with Crippen LogP contribution in [0.25, 0.3) is 11.1 Å². The van der Waals surface area contributed by atoms with Gasteiger partial charge in [0.15, 0.2) is 41.2 Å². The number of amides is 6. The third-order valence-corrected chi connectivity index (χ3v) is 22.9. The first-order valence-electron chi connectivity index (χ1n) is 40.1. The zero-order chi connectivity index (χ0) is 91.2. The van der Waals surface area contributed by atoms with Gasteiger partial charge in [0, 0.05) is 91.8 Å². The van der Waals surface area contributed by atoms with E-state index < -0.39 is 274 Å². The number of nitrogens with two attached hydrogens (primary N) is 1. The van der Waals surface area contributed by atoms with Gasteiger partial charge in [0.2, 0.25) is 41.6 Å². The summed E-state index contributed by atoms with van der Waals surface area (Å²) in [5.74, 6) is -19.9. The van der Waals surface area contributed by atoms with Crippen LogP contribution in [0.2, 0.25) is 10.0 Å². The topological polar surface area (TPSA) is 544 Å². The first-order valence-corrected chi connectivity index (χ1v) is 40.9. The summed E-state index contributed by atoms with van der Waals surface area (Å²) >= 11 is 14.4. The van der Waals surface area contributed by atoms with E-state index in [2.05, 4.69) is 47.2 Å². The van der Waals surface area contributed by atoms with E-state index in [9.17, 15) is 83.4 Å². The largest absolute Gasteiger partial charge is 0.573 e. The zero-order valence-corrected chi connectivity index (χ0v) is 69.6. The number of aromatic hydroxyl groups is 3. The summed E-state index contributed by atoms with van der Waals surface area (Å²) in [5.41, 5.74) is 7.42. The number of ether oxygens (including phenoxy) is 7. The first kappa shape index (κ1) is 93.9. The van der Waals surface area contributed by atoms with Crippen molar-refractivity contribution in [2.24, 2.45) is 23.5 Å². The maximum absolute atomic E-state index is 16.5. The molecule has 19 N–H and O–H groups in total. The third kappa shape index (κ3) is 21.7. The van der Waals surface area contributed by atoms with Crippen LogP contribution in [-0.2, 0) is 65.5 Å². The average molecular weight is 1800 g/mol. The van der Waals surface area contributed by atoms with Gasteiger partial charge in [-0.2, -0.15) is 0 Å². The van der Waals surface area contributed by atoms with E-state index in [4.69, 9.17) is 57.4 Å². The van der Waals surface area contributed by atoms with Gasteiger partial charge >= 0.3 is 6.36 Å². The molecule has 6 amide bonds. The molecule has 8 heterocycles. The summed E-state index contributed by atoms with van der Waals surface area (Å²) < 4.78 is 82.9. The molecule has 7 aliphatic rings. The minimum absolute atomic E-state index is 0.0512. The monoisotopic (exact) mass is 1800 g/mol. The number of pyridine rings is 1. The summed E-state index contributed by atoms with van der Waals surface area (Å²) in [6.07, 6.45) is -23.9. The molecule has 1 aromatic heterocycles. The summed E-state index contributed by atoms with van der Waals surface area (Å²) in [7, 11) is 0. The lowest BCUT2D eigenvalue weighted by Gasteiger charge is -2.48. The second-order valence-corrected chi connectivity index (χ2v) is 32.8. The van der Waals surface area contributed by atoms with Crippen molar-refractivity contribution in [2.45, 2.75) is 190 Å². The number of nitrogens with zero attached hydrogens (tertiary/aromatic N) is 1. The van der Waals surface area contributed by atoms with Gasteiger partial charge in [-0.1, -0.05) is 74.3 Å². The van der Waals surface area contributed by atoms with Crippen LogP contribution >= 0.6 is 23.2 Å². The number of hydrogen-bond acceptors (Lipinski definition) is 29. The molecule has 126 heavy (non-hydrogen) atoms. The Labute approximate surface area is 727 Å². The molecule has 7 aliphatic heterocycles. The van der Waals surface area contributed by atoms with Crippen LogP contribution in [0.4, 0.5) is 13.2 Å². The molecule has 0 saturated carbocycles. The SMILES string of the molecule is CC[C@H](CC(C)C)C(=O)N[C@H]1C(=O)C[C@@H](CC(N)=O)C(=O)NC2C(=O)C[C@H]3C(=O)N[C@H](C(=O)N[C@@H](C(=O)NNCCO)c4cc(O)cc(O)c4-c4cc3ccc4O)[C@H](O)c3ccc(c(Cl)c3)Oc3cc2cc(c3O[C@@H]2O[C@H](CO)[C@@H](O)[C@H](O)[C@H]2O[C@H]2C[C@](C)(NCc3cncc(C(=O)Cc4cccc(OC(F)(F)F)c4)c3)[C@H](O)[C@H](C)O2)Oc2ccc(cc2Cl)[C@H]1O.